The number of aryl methyl sites for hydroxylation is 2. The number of nitrogens with zero attached hydrogens (tertiary/aromatic N) is 1. The van der Waals surface area contributed by atoms with E-state index in [0.717, 1.165) is 0 Å². The number of carbonyl (C=O) groups excluding carboxylic acids is 1. The van der Waals surface area contributed by atoms with Crippen LogP contribution in [-0.4, -0.2) is 21.1 Å². The number of hydrogen-bond acceptors (Lipinski definition) is 4. The topological polar surface area (TPSA) is 96.4 Å². The van der Waals surface area contributed by atoms with Gasteiger partial charge in [0, 0.05) is 18.2 Å². The molecular formula is C10H14N2O3. The van der Waals surface area contributed by atoms with Crippen LogP contribution in [0.25, 0.3) is 0 Å². The third-order valence-corrected chi connectivity index (χ3v) is 2.23. The summed E-state index contributed by atoms with van der Waals surface area (Å²) in [5.41, 5.74) is 6.55. The lowest BCUT2D eigenvalue weighted by Gasteiger charge is -2.09. The van der Waals surface area contributed by atoms with Crippen LogP contribution < -0.4 is 5.73 Å². The highest BCUT2D eigenvalue weighted by Gasteiger charge is 2.11. The molecule has 0 radical (unpaired) electrons. The summed E-state index contributed by atoms with van der Waals surface area (Å²) in [5, 5.41) is 18.7. The number of primary amides is 1. The second-order valence-corrected chi connectivity index (χ2v) is 3.32. The number of aliphatic hydroxyl groups is 1. The molecule has 0 aromatic carbocycles. The molecule has 0 fully saturated rings. The van der Waals surface area contributed by atoms with Gasteiger partial charge in [0.2, 0.25) is 5.91 Å². The Hall–Kier alpha value is -1.62. The van der Waals surface area contributed by atoms with Crippen LogP contribution in [0.2, 0.25) is 0 Å². The maximum Gasteiger partial charge on any atom is 0.217 e. The van der Waals surface area contributed by atoms with Crippen LogP contribution in [0, 0.1) is 6.92 Å². The number of amides is 1. The standard InChI is InChI=1S/C10H14N2O3/c1-6-10(15)8(5-13)7(4-12-6)2-3-9(11)14/h4,13,15H,2-3,5H2,1H3,(H2,11,14). The molecule has 15 heavy (non-hydrogen) atoms. The molecule has 1 rings (SSSR count). The van der Waals surface area contributed by atoms with Crippen molar-refractivity contribution in [2.45, 2.75) is 26.4 Å². The molecule has 1 aromatic rings. The van der Waals surface area contributed by atoms with Crippen molar-refractivity contribution in [2.75, 3.05) is 0 Å². The van der Waals surface area contributed by atoms with Crippen LogP contribution in [0.3, 0.4) is 0 Å². The quantitative estimate of drug-likeness (QED) is 0.652. The summed E-state index contributed by atoms with van der Waals surface area (Å²) in [6.07, 6.45) is 2.10. The summed E-state index contributed by atoms with van der Waals surface area (Å²) in [6, 6.07) is 0. The van der Waals surface area contributed by atoms with E-state index >= 15 is 0 Å². The third kappa shape index (κ3) is 2.66. The van der Waals surface area contributed by atoms with E-state index in [1.54, 1.807) is 13.1 Å². The van der Waals surface area contributed by atoms with Crippen molar-refractivity contribution < 1.29 is 15.0 Å². The van der Waals surface area contributed by atoms with Crippen molar-refractivity contribution >= 4 is 5.91 Å². The molecule has 1 amide bonds. The molecule has 0 atom stereocenters. The van der Waals surface area contributed by atoms with Gasteiger partial charge in [0.15, 0.2) is 0 Å². The van der Waals surface area contributed by atoms with E-state index in [1.807, 2.05) is 0 Å². The Morgan fingerprint density at radius 2 is 2.27 bits per heavy atom. The Morgan fingerprint density at radius 3 is 2.80 bits per heavy atom. The van der Waals surface area contributed by atoms with Gasteiger partial charge in [-0.25, -0.2) is 0 Å². The summed E-state index contributed by atoms with van der Waals surface area (Å²) in [6.45, 7) is 1.37. The molecule has 1 heterocycles. The molecule has 0 saturated carbocycles. The monoisotopic (exact) mass is 210 g/mol. The number of nitrogens with two attached hydrogens (primary N) is 1. The molecule has 0 aliphatic carbocycles. The minimum absolute atomic E-state index is 0.0144. The number of aliphatic hydroxyl groups excluding tert-OH is 1. The SMILES string of the molecule is Cc1ncc(CCC(N)=O)c(CO)c1O. The van der Waals surface area contributed by atoms with Crippen molar-refractivity contribution in [3.05, 3.63) is 23.0 Å². The molecule has 5 heteroatoms. The maximum absolute atomic E-state index is 10.6. The summed E-state index contributed by atoms with van der Waals surface area (Å²) in [4.78, 5) is 14.6. The third-order valence-electron chi connectivity index (χ3n) is 2.23. The largest absolute Gasteiger partial charge is 0.506 e. The van der Waals surface area contributed by atoms with E-state index in [1.165, 1.54) is 0 Å². The van der Waals surface area contributed by atoms with E-state index in [2.05, 4.69) is 4.98 Å². The molecule has 0 aliphatic rings. The normalized spacial score (nSPS) is 10.3. The number of rotatable bonds is 4. The molecule has 0 saturated heterocycles. The van der Waals surface area contributed by atoms with Gasteiger partial charge in [-0.05, 0) is 18.9 Å². The summed E-state index contributed by atoms with van der Waals surface area (Å²) in [7, 11) is 0. The average molecular weight is 210 g/mol. The van der Waals surface area contributed by atoms with Gasteiger partial charge in [-0.15, -0.1) is 0 Å². The van der Waals surface area contributed by atoms with Gasteiger partial charge >= 0.3 is 0 Å². The van der Waals surface area contributed by atoms with Crippen molar-refractivity contribution in [1.82, 2.24) is 4.98 Å². The molecule has 5 nitrogen and oxygen atoms in total. The fourth-order valence-electron chi connectivity index (χ4n) is 1.33. The minimum Gasteiger partial charge on any atom is -0.506 e. The number of aromatic nitrogens is 1. The fraction of sp³-hybridized carbons (Fsp3) is 0.400. The molecule has 1 aromatic heterocycles. The molecule has 0 unspecified atom stereocenters. The zero-order chi connectivity index (χ0) is 11.4. The lowest BCUT2D eigenvalue weighted by atomic mass is 10.0. The van der Waals surface area contributed by atoms with Gasteiger partial charge in [0.25, 0.3) is 0 Å². The molecule has 4 N–H and O–H groups in total. The maximum atomic E-state index is 10.6. The van der Waals surface area contributed by atoms with Crippen molar-refractivity contribution in [1.29, 1.82) is 0 Å². The zero-order valence-electron chi connectivity index (χ0n) is 8.53. The van der Waals surface area contributed by atoms with Gasteiger partial charge in [0.05, 0.1) is 12.3 Å². The van der Waals surface area contributed by atoms with Crippen LogP contribution in [0.1, 0.15) is 23.2 Å². The summed E-state index contributed by atoms with van der Waals surface area (Å²) < 4.78 is 0. The van der Waals surface area contributed by atoms with Gasteiger partial charge in [-0.3, -0.25) is 9.78 Å². The average Bonchev–Trinajstić information content (AvgIpc) is 2.19. The highest BCUT2D eigenvalue weighted by atomic mass is 16.3. The minimum atomic E-state index is -0.418. The summed E-state index contributed by atoms with van der Waals surface area (Å²) >= 11 is 0. The van der Waals surface area contributed by atoms with Crippen molar-refractivity contribution in [3.63, 3.8) is 0 Å². The highest BCUT2D eigenvalue weighted by Crippen LogP contribution is 2.24. The number of hydrogen-bond donors (Lipinski definition) is 3. The molecule has 0 spiro atoms. The van der Waals surface area contributed by atoms with Gasteiger partial charge in [0.1, 0.15) is 5.75 Å². The lowest BCUT2D eigenvalue weighted by molar-refractivity contribution is -0.117. The first-order chi connectivity index (χ1) is 7.06. The van der Waals surface area contributed by atoms with Crippen LogP contribution in [0.4, 0.5) is 0 Å². The molecule has 0 bridgehead atoms. The van der Waals surface area contributed by atoms with Crippen LogP contribution in [0.5, 0.6) is 5.75 Å². The molecule has 0 aliphatic heterocycles. The molecule has 82 valence electrons. The second-order valence-electron chi connectivity index (χ2n) is 3.32. The van der Waals surface area contributed by atoms with E-state index in [4.69, 9.17) is 10.8 Å². The first-order valence-electron chi connectivity index (χ1n) is 4.61. The Labute approximate surface area is 87.6 Å². The predicted molar refractivity (Wildman–Crippen MR) is 54.1 cm³/mol. The lowest BCUT2D eigenvalue weighted by Crippen LogP contribution is -2.12. The highest BCUT2D eigenvalue weighted by molar-refractivity contribution is 5.74. The van der Waals surface area contributed by atoms with Crippen LogP contribution >= 0.6 is 0 Å². The summed E-state index contributed by atoms with van der Waals surface area (Å²) in [5.74, 6) is -0.432. The van der Waals surface area contributed by atoms with Gasteiger partial charge < -0.3 is 15.9 Å². The molecular weight excluding hydrogens is 196 g/mol. The van der Waals surface area contributed by atoms with E-state index in [-0.39, 0.29) is 18.8 Å². The Bertz CT molecular complexity index is 377. The van der Waals surface area contributed by atoms with Gasteiger partial charge in [-0.1, -0.05) is 0 Å². The Balaban J connectivity index is 2.97. The number of carbonyl (C=O) groups is 1. The van der Waals surface area contributed by atoms with Gasteiger partial charge in [-0.2, -0.15) is 0 Å². The van der Waals surface area contributed by atoms with E-state index < -0.39 is 5.91 Å². The van der Waals surface area contributed by atoms with Crippen LogP contribution in [0.15, 0.2) is 6.20 Å². The Kier molecular flexibility index (Phi) is 3.62. The first kappa shape index (κ1) is 11.5. The Morgan fingerprint density at radius 1 is 1.60 bits per heavy atom. The smallest absolute Gasteiger partial charge is 0.217 e. The van der Waals surface area contributed by atoms with E-state index in [9.17, 15) is 9.90 Å². The fourth-order valence-corrected chi connectivity index (χ4v) is 1.33. The second kappa shape index (κ2) is 4.75. The number of pyridine rings is 1. The van der Waals surface area contributed by atoms with E-state index in [0.29, 0.717) is 23.2 Å². The van der Waals surface area contributed by atoms with Crippen molar-refractivity contribution in [3.8, 4) is 5.75 Å². The van der Waals surface area contributed by atoms with Crippen LogP contribution in [-0.2, 0) is 17.8 Å². The van der Waals surface area contributed by atoms with Crippen molar-refractivity contribution in [2.24, 2.45) is 5.73 Å². The zero-order valence-corrected chi connectivity index (χ0v) is 8.53. The first-order valence-corrected chi connectivity index (χ1v) is 4.61. The predicted octanol–water partition coefficient (Wildman–Crippen LogP) is 0.00582. The number of aromatic hydroxyl groups is 1.